The van der Waals surface area contributed by atoms with Gasteiger partial charge in [-0.2, -0.15) is 0 Å². The highest BCUT2D eigenvalue weighted by Gasteiger charge is 2.07. The largest absolute Gasteiger partial charge is 0.399 e. The summed E-state index contributed by atoms with van der Waals surface area (Å²) in [5.74, 6) is -0.423. The van der Waals surface area contributed by atoms with Gasteiger partial charge in [0.25, 0.3) is 0 Å². The smallest absolute Gasteiger partial charge is 0.159 e. The Morgan fingerprint density at radius 1 is 1.18 bits per heavy atom. The first kappa shape index (κ1) is 11.3. The van der Waals surface area contributed by atoms with Gasteiger partial charge in [-0.25, -0.2) is 4.39 Å². The molecule has 2 rings (SSSR count). The maximum absolute atomic E-state index is 13.7. The van der Waals surface area contributed by atoms with Gasteiger partial charge in [0, 0.05) is 16.8 Å². The van der Waals surface area contributed by atoms with Crippen molar-refractivity contribution in [2.45, 2.75) is 6.92 Å². The number of hydrogen-bond donors (Lipinski definition) is 1. The zero-order valence-electron chi connectivity index (χ0n) is 9.41. The number of halogens is 1. The lowest BCUT2D eigenvalue weighted by molar-refractivity contribution is 0.101. The molecule has 0 bridgehead atoms. The Balaban J connectivity index is 2.53. The van der Waals surface area contributed by atoms with Crippen LogP contribution in [0.3, 0.4) is 0 Å². The van der Waals surface area contributed by atoms with Crippen LogP contribution in [0.15, 0.2) is 42.5 Å². The molecular weight excluding hydrogens is 217 g/mol. The lowest BCUT2D eigenvalue weighted by atomic mass is 10.0. The molecule has 0 fully saturated rings. The third kappa shape index (κ3) is 2.33. The number of Topliss-reactive ketones (excluding diaryl/α,β-unsaturated/α-hetero) is 1. The Kier molecular flexibility index (Phi) is 2.91. The molecule has 0 radical (unpaired) electrons. The molecule has 2 N–H and O–H groups in total. The number of hydrogen-bond acceptors (Lipinski definition) is 2. The molecule has 2 nitrogen and oxygen atoms in total. The molecule has 0 aromatic heterocycles. The van der Waals surface area contributed by atoms with E-state index in [-0.39, 0.29) is 11.6 Å². The van der Waals surface area contributed by atoms with Crippen LogP contribution < -0.4 is 5.73 Å². The lowest BCUT2D eigenvalue weighted by Gasteiger charge is -2.05. The zero-order valence-corrected chi connectivity index (χ0v) is 9.41. The van der Waals surface area contributed by atoms with Crippen LogP contribution in [0, 0.1) is 5.82 Å². The molecule has 0 aliphatic rings. The zero-order chi connectivity index (χ0) is 12.4. The van der Waals surface area contributed by atoms with E-state index in [0.29, 0.717) is 22.4 Å². The quantitative estimate of drug-likeness (QED) is 0.634. The fourth-order valence-corrected chi connectivity index (χ4v) is 1.67. The van der Waals surface area contributed by atoms with E-state index in [4.69, 9.17) is 5.73 Å². The SMILES string of the molecule is CC(=O)c1cccc(-c2ccc(N)cc2F)c1. The van der Waals surface area contributed by atoms with Gasteiger partial charge in [0.15, 0.2) is 5.78 Å². The van der Waals surface area contributed by atoms with Crippen molar-refractivity contribution in [2.24, 2.45) is 0 Å². The van der Waals surface area contributed by atoms with Gasteiger partial charge in [0.05, 0.1) is 0 Å². The first-order valence-corrected chi connectivity index (χ1v) is 5.24. The van der Waals surface area contributed by atoms with Crippen molar-refractivity contribution in [1.29, 1.82) is 0 Å². The molecule has 0 spiro atoms. The molecule has 0 aliphatic heterocycles. The van der Waals surface area contributed by atoms with Gasteiger partial charge in [0.2, 0.25) is 0 Å². The topological polar surface area (TPSA) is 43.1 Å². The highest BCUT2D eigenvalue weighted by atomic mass is 19.1. The number of rotatable bonds is 2. The van der Waals surface area contributed by atoms with E-state index in [9.17, 15) is 9.18 Å². The van der Waals surface area contributed by atoms with Crippen molar-refractivity contribution >= 4 is 11.5 Å². The van der Waals surface area contributed by atoms with E-state index in [1.807, 2.05) is 0 Å². The van der Waals surface area contributed by atoms with Crippen molar-refractivity contribution in [3.05, 3.63) is 53.8 Å². The van der Waals surface area contributed by atoms with Crippen LogP contribution >= 0.6 is 0 Å². The standard InChI is InChI=1S/C14H12FNO/c1-9(17)10-3-2-4-11(7-10)13-6-5-12(16)8-14(13)15/h2-8H,16H2,1H3. The Bertz CT molecular complexity index is 578. The van der Waals surface area contributed by atoms with Crippen LogP contribution in [0.4, 0.5) is 10.1 Å². The molecule has 0 atom stereocenters. The molecule has 3 heteroatoms. The van der Waals surface area contributed by atoms with Crippen LogP contribution in [-0.2, 0) is 0 Å². The summed E-state index contributed by atoms with van der Waals surface area (Å²) in [6.07, 6.45) is 0. The third-order valence-electron chi connectivity index (χ3n) is 2.57. The average Bonchev–Trinajstić information content (AvgIpc) is 2.29. The summed E-state index contributed by atoms with van der Waals surface area (Å²) in [6, 6.07) is 11.4. The summed E-state index contributed by atoms with van der Waals surface area (Å²) >= 11 is 0. The van der Waals surface area contributed by atoms with Crippen LogP contribution in [0.1, 0.15) is 17.3 Å². The molecule has 0 unspecified atom stereocenters. The van der Waals surface area contributed by atoms with Crippen LogP contribution in [0.25, 0.3) is 11.1 Å². The summed E-state index contributed by atoms with van der Waals surface area (Å²) in [6.45, 7) is 1.48. The molecule has 0 saturated carbocycles. The molecule has 0 heterocycles. The Labute approximate surface area is 98.9 Å². The van der Waals surface area contributed by atoms with Gasteiger partial charge < -0.3 is 5.73 Å². The van der Waals surface area contributed by atoms with Crippen LogP contribution in [-0.4, -0.2) is 5.78 Å². The second kappa shape index (κ2) is 4.37. The maximum Gasteiger partial charge on any atom is 0.159 e. The molecule has 0 amide bonds. The van der Waals surface area contributed by atoms with Crippen molar-refractivity contribution < 1.29 is 9.18 Å². The van der Waals surface area contributed by atoms with E-state index in [1.54, 1.807) is 36.4 Å². The summed E-state index contributed by atoms with van der Waals surface area (Å²) < 4.78 is 13.7. The highest BCUT2D eigenvalue weighted by Crippen LogP contribution is 2.25. The second-order valence-corrected chi connectivity index (χ2v) is 3.88. The third-order valence-corrected chi connectivity index (χ3v) is 2.57. The van der Waals surface area contributed by atoms with Gasteiger partial charge in [-0.05, 0) is 36.8 Å². The van der Waals surface area contributed by atoms with Crippen molar-refractivity contribution in [1.82, 2.24) is 0 Å². The Hall–Kier alpha value is -2.16. The first-order valence-electron chi connectivity index (χ1n) is 5.24. The number of nitrogens with two attached hydrogens (primary N) is 1. The molecule has 17 heavy (non-hydrogen) atoms. The van der Waals surface area contributed by atoms with E-state index in [0.717, 1.165) is 0 Å². The monoisotopic (exact) mass is 229 g/mol. The molecule has 2 aromatic carbocycles. The summed E-state index contributed by atoms with van der Waals surface area (Å²) in [5, 5.41) is 0. The molecule has 0 aliphatic carbocycles. The predicted molar refractivity (Wildman–Crippen MR) is 66.3 cm³/mol. The van der Waals surface area contributed by atoms with Crippen molar-refractivity contribution in [3.63, 3.8) is 0 Å². The van der Waals surface area contributed by atoms with Gasteiger partial charge >= 0.3 is 0 Å². The second-order valence-electron chi connectivity index (χ2n) is 3.88. The van der Waals surface area contributed by atoms with Gasteiger partial charge in [-0.1, -0.05) is 18.2 Å². The van der Waals surface area contributed by atoms with Gasteiger partial charge in [-0.15, -0.1) is 0 Å². The summed E-state index contributed by atoms with van der Waals surface area (Å²) in [4.78, 5) is 11.3. The van der Waals surface area contributed by atoms with E-state index >= 15 is 0 Å². The Morgan fingerprint density at radius 3 is 2.59 bits per heavy atom. The van der Waals surface area contributed by atoms with Gasteiger partial charge in [-0.3, -0.25) is 4.79 Å². The van der Waals surface area contributed by atoms with Crippen LogP contribution in [0.2, 0.25) is 0 Å². The normalized spacial score (nSPS) is 10.2. The fourth-order valence-electron chi connectivity index (χ4n) is 1.67. The fraction of sp³-hybridized carbons (Fsp3) is 0.0714. The number of ketones is 1. The van der Waals surface area contributed by atoms with E-state index in [2.05, 4.69) is 0 Å². The molecule has 0 saturated heterocycles. The van der Waals surface area contributed by atoms with E-state index < -0.39 is 0 Å². The number of carbonyl (C=O) groups excluding carboxylic acids is 1. The average molecular weight is 229 g/mol. The van der Waals surface area contributed by atoms with Crippen molar-refractivity contribution in [2.75, 3.05) is 5.73 Å². The summed E-state index contributed by atoms with van der Waals surface area (Å²) in [7, 11) is 0. The number of benzene rings is 2. The maximum atomic E-state index is 13.7. The molecule has 2 aromatic rings. The number of anilines is 1. The predicted octanol–water partition coefficient (Wildman–Crippen LogP) is 3.28. The van der Waals surface area contributed by atoms with Crippen LogP contribution in [0.5, 0.6) is 0 Å². The highest BCUT2D eigenvalue weighted by molar-refractivity contribution is 5.95. The number of nitrogen functional groups attached to an aromatic ring is 1. The molecular formula is C14H12FNO. The minimum absolute atomic E-state index is 0.0392. The minimum Gasteiger partial charge on any atom is -0.399 e. The van der Waals surface area contributed by atoms with Gasteiger partial charge in [0.1, 0.15) is 5.82 Å². The summed E-state index contributed by atoms with van der Waals surface area (Å²) in [5.41, 5.74) is 7.56. The Morgan fingerprint density at radius 2 is 1.94 bits per heavy atom. The number of carbonyl (C=O) groups is 1. The van der Waals surface area contributed by atoms with Crippen molar-refractivity contribution in [3.8, 4) is 11.1 Å². The first-order chi connectivity index (χ1) is 8.08. The van der Waals surface area contributed by atoms with E-state index in [1.165, 1.54) is 13.0 Å². The molecule has 86 valence electrons. The minimum atomic E-state index is -0.384. The lowest BCUT2D eigenvalue weighted by Crippen LogP contribution is -1.93.